The summed E-state index contributed by atoms with van der Waals surface area (Å²) in [6.07, 6.45) is 0.899. The zero-order chi connectivity index (χ0) is 22.0. The highest BCUT2D eigenvalue weighted by Gasteiger charge is 2.35. The van der Waals surface area contributed by atoms with Crippen molar-refractivity contribution in [3.05, 3.63) is 59.0 Å². The Hall–Kier alpha value is -2.57. The van der Waals surface area contributed by atoms with Gasteiger partial charge >= 0.3 is 0 Å². The second kappa shape index (κ2) is 8.89. The molecule has 2 aliphatic heterocycles. The molecule has 0 spiro atoms. The second-order valence-electron chi connectivity index (χ2n) is 8.47. The molecule has 0 aliphatic carbocycles. The van der Waals surface area contributed by atoms with E-state index in [0.29, 0.717) is 13.2 Å². The van der Waals surface area contributed by atoms with Crippen molar-refractivity contribution < 1.29 is 14.6 Å². The van der Waals surface area contributed by atoms with E-state index in [1.54, 1.807) is 12.1 Å². The van der Waals surface area contributed by atoms with E-state index in [0.717, 1.165) is 51.8 Å². The van der Waals surface area contributed by atoms with Crippen LogP contribution in [0, 0.1) is 5.41 Å². The molecule has 1 amide bonds. The summed E-state index contributed by atoms with van der Waals surface area (Å²) in [4.78, 5) is 20.3. The fraction of sp³-hybridized carbons (Fsp3) is 0.360. The van der Waals surface area contributed by atoms with Gasteiger partial charge in [0.2, 0.25) is 0 Å². The van der Waals surface area contributed by atoms with Gasteiger partial charge in [0.25, 0.3) is 5.91 Å². The fourth-order valence-corrected chi connectivity index (χ4v) is 5.11. The molecule has 1 saturated heterocycles. The molecule has 0 bridgehead atoms. The number of thioether (sulfide) groups is 1. The largest absolute Gasteiger partial charge is 0.508 e. The van der Waals surface area contributed by atoms with Crippen molar-refractivity contribution in [2.24, 2.45) is 10.4 Å². The van der Waals surface area contributed by atoms with Crippen LogP contribution >= 0.6 is 11.8 Å². The lowest BCUT2D eigenvalue weighted by molar-refractivity contribution is -0.113. The van der Waals surface area contributed by atoms with E-state index in [4.69, 9.17) is 4.74 Å². The lowest BCUT2D eigenvalue weighted by atomic mass is 9.77. The summed E-state index contributed by atoms with van der Waals surface area (Å²) in [5.74, 6) is 0.0913. The van der Waals surface area contributed by atoms with Gasteiger partial charge in [-0.15, -0.1) is 0 Å². The molecular weight excluding hydrogens is 408 g/mol. The number of carbonyl (C=O) groups is 1. The maximum Gasteiger partial charge on any atom is 0.286 e. The maximum absolute atomic E-state index is 13.0. The molecule has 0 atom stereocenters. The van der Waals surface area contributed by atoms with Crippen LogP contribution in [-0.2, 0) is 9.53 Å². The molecule has 4 rings (SSSR count). The Morgan fingerprint density at radius 1 is 1.13 bits per heavy atom. The van der Waals surface area contributed by atoms with Crippen LogP contribution in [0.4, 0.5) is 0 Å². The van der Waals surface area contributed by atoms with Crippen LogP contribution in [0.15, 0.2) is 58.4 Å². The van der Waals surface area contributed by atoms with Gasteiger partial charge in [0, 0.05) is 13.1 Å². The number of carbonyl (C=O) groups excluding carboxylic acids is 1. The molecular formula is C25H28N2O3S. The summed E-state index contributed by atoms with van der Waals surface area (Å²) in [6.45, 7) is 9.36. The lowest BCUT2D eigenvalue weighted by Crippen LogP contribution is -2.38. The summed E-state index contributed by atoms with van der Waals surface area (Å²) in [7, 11) is 0. The standard InChI is InChI=1S/C25H28N2O3S/c1-4-25(2,3)21(22-23(29)26-24(31-22)27-12-14-30-15-13-27)19-7-5-6-18(16-19)17-8-10-20(28)11-9-17/h5-11,16,28H,4,12-15H2,1-3H3. The molecule has 1 N–H and O–H groups in total. The molecule has 162 valence electrons. The number of amidine groups is 1. The third-order valence-electron chi connectivity index (χ3n) is 6.01. The van der Waals surface area contributed by atoms with Crippen molar-refractivity contribution in [1.29, 1.82) is 0 Å². The van der Waals surface area contributed by atoms with Crippen LogP contribution in [0.2, 0.25) is 0 Å². The molecule has 31 heavy (non-hydrogen) atoms. The van der Waals surface area contributed by atoms with Crippen molar-refractivity contribution >= 4 is 28.4 Å². The first-order valence-electron chi connectivity index (χ1n) is 10.7. The highest BCUT2D eigenvalue weighted by Crippen LogP contribution is 2.46. The van der Waals surface area contributed by atoms with Crippen LogP contribution in [0.1, 0.15) is 32.8 Å². The zero-order valence-electron chi connectivity index (χ0n) is 18.2. The molecule has 6 heteroatoms. The van der Waals surface area contributed by atoms with Gasteiger partial charge < -0.3 is 14.7 Å². The Labute approximate surface area is 187 Å². The quantitative estimate of drug-likeness (QED) is 0.670. The summed E-state index contributed by atoms with van der Waals surface area (Å²) in [5, 5.41) is 10.4. The van der Waals surface area contributed by atoms with Crippen LogP contribution < -0.4 is 0 Å². The number of benzene rings is 2. The Morgan fingerprint density at radius 2 is 1.84 bits per heavy atom. The van der Waals surface area contributed by atoms with Crippen molar-refractivity contribution in [3.8, 4) is 16.9 Å². The molecule has 0 aromatic heterocycles. The van der Waals surface area contributed by atoms with Crippen molar-refractivity contribution in [1.82, 2.24) is 4.90 Å². The number of aliphatic imine (C=N–C) groups is 1. The molecule has 2 heterocycles. The number of aromatic hydroxyl groups is 1. The highest BCUT2D eigenvalue weighted by atomic mass is 32.2. The number of hydrogen-bond donors (Lipinski definition) is 1. The van der Waals surface area contributed by atoms with Gasteiger partial charge in [-0.05, 0) is 64.1 Å². The number of hydrogen-bond acceptors (Lipinski definition) is 5. The summed E-state index contributed by atoms with van der Waals surface area (Å²) >= 11 is 1.49. The topological polar surface area (TPSA) is 62.1 Å². The summed E-state index contributed by atoms with van der Waals surface area (Å²) < 4.78 is 5.45. The third-order valence-corrected chi connectivity index (χ3v) is 7.12. The minimum atomic E-state index is -0.193. The van der Waals surface area contributed by atoms with Crippen LogP contribution in [0.3, 0.4) is 0 Å². The minimum Gasteiger partial charge on any atom is -0.508 e. The molecule has 0 saturated carbocycles. The Kier molecular flexibility index (Phi) is 6.21. The van der Waals surface area contributed by atoms with Gasteiger partial charge in [0.05, 0.1) is 18.1 Å². The minimum absolute atomic E-state index is 0.155. The van der Waals surface area contributed by atoms with Gasteiger partial charge in [-0.1, -0.05) is 51.1 Å². The van der Waals surface area contributed by atoms with E-state index in [9.17, 15) is 9.90 Å². The Bertz CT molecular complexity index is 1030. The van der Waals surface area contributed by atoms with Gasteiger partial charge in [-0.3, -0.25) is 4.79 Å². The molecule has 2 aromatic rings. The predicted octanol–water partition coefficient (Wildman–Crippen LogP) is 5.17. The smallest absolute Gasteiger partial charge is 0.286 e. The van der Waals surface area contributed by atoms with E-state index < -0.39 is 0 Å². The van der Waals surface area contributed by atoms with E-state index in [1.807, 2.05) is 18.2 Å². The number of morpholine rings is 1. The van der Waals surface area contributed by atoms with E-state index >= 15 is 0 Å². The Morgan fingerprint density at radius 3 is 2.52 bits per heavy atom. The van der Waals surface area contributed by atoms with Gasteiger partial charge in [-0.25, -0.2) is 0 Å². The molecule has 5 nitrogen and oxygen atoms in total. The summed E-state index contributed by atoms with van der Waals surface area (Å²) in [5.41, 5.74) is 3.95. The lowest BCUT2D eigenvalue weighted by Gasteiger charge is -2.30. The van der Waals surface area contributed by atoms with Gasteiger partial charge in [0.1, 0.15) is 5.75 Å². The number of nitrogens with zero attached hydrogens (tertiary/aromatic N) is 2. The monoisotopic (exact) mass is 436 g/mol. The molecule has 0 unspecified atom stereocenters. The number of phenols is 1. The molecule has 1 fully saturated rings. The number of ether oxygens (including phenoxy) is 1. The van der Waals surface area contributed by atoms with Crippen molar-refractivity contribution in [2.75, 3.05) is 26.3 Å². The first-order chi connectivity index (χ1) is 14.9. The first kappa shape index (κ1) is 21.7. The number of allylic oxidation sites excluding steroid dienone is 1. The van der Waals surface area contributed by atoms with Crippen LogP contribution in [0.5, 0.6) is 5.75 Å². The van der Waals surface area contributed by atoms with E-state index in [-0.39, 0.29) is 17.1 Å². The predicted molar refractivity (Wildman–Crippen MR) is 127 cm³/mol. The normalized spacial score (nSPS) is 18.9. The average Bonchev–Trinajstić information content (AvgIpc) is 3.16. The fourth-order valence-electron chi connectivity index (χ4n) is 3.86. The van der Waals surface area contributed by atoms with Crippen molar-refractivity contribution in [2.45, 2.75) is 27.2 Å². The zero-order valence-corrected chi connectivity index (χ0v) is 19.0. The highest BCUT2D eigenvalue weighted by molar-refractivity contribution is 8.18. The number of rotatable bonds is 4. The molecule has 2 aliphatic rings. The maximum atomic E-state index is 13.0. The van der Waals surface area contributed by atoms with Gasteiger partial charge in [0.15, 0.2) is 5.17 Å². The van der Waals surface area contributed by atoms with Crippen LogP contribution in [0.25, 0.3) is 16.7 Å². The second-order valence-corrected chi connectivity index (χ2v) is 9.45. The first-order valence-corrected chi connectivity index (χ1v) is 11.5. The van der Waals surface area contributed by atoms with Gasteiger partial charge in [-0.2, -0.15) is 4.99 Å². The summed E-state index contributed by atoms with van der Waals surface area (Å²) in [6, 6.07) is 15.5. The third kappa shape index (κ3) is 4.55. The number of phenolic OH excluding ortho intramolecular Hbond substituents is 1. The number of amides is 1. The van der Waals surface area contributed by atoms with E-state index in [2.05, 4.69) is 48.9 Å². The molecule has 0 radical (unpaired) electrons. The Balaban J connectivity index is 1.76. The van der Waals surface area contributed by atoms with E-state index in [1.165, 1.54) is 11.8 Å². The molecule has 2 aromatic carbocycles. The SMILES string of the molecule is CCC(C)(C)C(=C1SC(N2CCOCC2)=NC1=O)c1cccc(-c2ccc(O)cc2)c1. The average molecular weight is 437 g/mol. The van der Waals surface area contributed by atoms with Crippen molar-refractivity contribution in [3.63, 3.8) is 0 Å². The van der Waals surface area contributed by atoms with Crippen LogP contribution in [-0.4, -0.2) is 47.4 Å².